The van der Waals surface area contributed by atoms with Crippen LogP contribution in [-0.4, -0.2) is 11.7 Å². The van der Waals surface area contributed by atoms with E-state index >= 15 is 0 Å². The third-order valence-electron chi connectivity index (χ3n) is 3.53. The van der Waals surface area contributed by atoms with Crippen LogP contribution in [0.3, 0.4) is 0 Å². The maximum Gasteiger partial charge on any atom is 0.237 e. The molecule has 4 heteroatoms. The van der Waals surface area contributed by atoms with E-state index in [1.54, 1.807) is 0 Å². The third kappa shape index (κ3) is 2.76. The van der Waals surface area contributed by atoms with Gasteiger partial charge in [-0.2, -0.15) is 0 Å². The zero-order chi connectivity index (χ0) is 15.5. The van der Waals surface area contributed by atoms with E-state index in [2.05, 4.69) is 10.6 Å². The third-order valence-corrected chi connectivity index (χ3v) is 3.53. The molecule has 1 aliphatic heterocycles. The van der Waals surface area contributed by atoms with E-state index in [9.17, 15) is 9.59 Å². The molecule has 1 aliphatic rings. The molecule has 0 saturated heterocycles. The number of allylic oxidation sites excluding steroid dienone is 1. The average Bonchev–Trinajstić information content (AvgIpc) is 2.63. The average molecular weight is 292 g/mol. The molecule has 0 saturated carbocycles. The van der Waals surface area contributed by atoms with Gasteiger partial charge >= 0.3 is 0 Å². The Balaban J connectivity index is 2.12. The lowest BCUT2D eigenvalue weighted by atomic mass is 9.94. The molecule has 1 unspecified atom stereocenters. The highest BCUT2D eigenvalue weighted by molar-refractivity contribution is 6.04. The van der Waals surface area contributed by atoms with Crippen LogP contribution < -0.4 is 10.6 Å². The smallest absolute Gasteiger partial charge is 0.237 e. The van der Waals surface area contributed by atoms with Crippen LogP contribution >= 0.6 is 0 Å². The van der Waals surface area contributed by atoms with Crippen LogP contribution in [0.1, 0.15) is 18.4 Å². The number of anilines is 2. The summed E-state index contributed by atoms with van der Waals surface area (Å²) in [7, 11) is 0. The van der Waals surface area contributed by atoms with E-state index < -0.39 is 5.92 Å². The quantitative estimate of drug-likeness (QED) is 0.835. The predicted octanol–water partition coefficient (Wildman–Crippen LogP) is 3.31. The number of carbonyl (C=O) groups excluding carboxylic acids is 2. The molecule has 3 rings (SSSR count). The zero-order valence-electron chi connectivity index (χ0n) is 12.2. The van der Waals surface area contributed by atoms with Crippen molar-refractivity contribution in [1.29, 1.82) is 0 Å². The van der Waals surface area contributed by atoms with Gasteiger partial charge in [-0.1, -0.05) is 42.5 Å². The van der Waals surface area contributed by atoms with Crippen molar-refractivity contribution in [3.8, 4) is 0 Å². The minimum absolute atomic E-state index is 0.101. The minimum atomic E-state index is -0.544. The summed E-state index contributed by atoms with van der Waals surface area (Å²) < 4.78 is 0. The second-order valence-corrected chi connectivity index (χ2v) is 5.21. The van der Waals surface area contributed by atoms with Gasteiger partial charge in [-0.05, 0) is 24.6 Å². The first-order valence-corrected chi connectivity index (χ1v) is 7.09. The van der Waals surface area contributed by atoms with Crippen molar-refractivity contribution in [1.82, 2.24) is 0 Å². The number of carbonyl (C=O) groups is 2. The lowest BCUT2D eigenvalue weighted by Crippen LogP contribution is -2.23. The van der Waals surface area contributed by atoms with Gasteiger partial charge in [-0.3, -0.25) is 9.59 Å². The van der Waals surface area contributed by atoms with Crippen molar-refractivity contribution in [3.63, 3.8) is 0 Å². The van der Waals surface area contributed by atoms with E-state index in [-0.39, 0.29) is 11.7 Å². The molecule has 4 nitrogen and oxygen atoms in total. The highest BCUT2D eigenvalue weighted by atomic mass is 16.2. The second-order valence-electron chi connectivity index (χ2n) is 5.21. The number of hydrogen-bond donors (Lipinski definition) is 2. The van der Waals surface area contributed by atoms with Gasteiger partial charge in [0.2, 0.25) is 5.91 Å². The molecule has 0 fully saturated rings. The van der Waals surface area contributed by atoms with Crippen LogP contribution in [0.4, 0.5) is 11.4 Å². The fraction of sp³-hybridized carbons (Fsp3) is 0.111. The van der Waals surface area contributed by atoms with E-state index in [0.717, 1.165) is 11.3 Å². The number of amides is 1. The molecule has 1 atom stereocenters. The largest absolute Gasteiger partial charge is 0.356 e. The normalized spacial score (nSPS) is 18.9. The van der Waals surface area contributed by atoms with Crippen LogP contribution in [0.5, 0.6) is 0 Å². The minimum Gasteiger partial charge on any atom is -0.356 e. The zero-order valence-corrected chi connectivity index (χ0v) is 12.2. The summed E-state index contributed by atoms with van der Waals surface area (Å²) in [5.41, 5.74) is 2.91. The molecule has 110 valence electrons. The van der Waals surface area contributed by atoms with Gasteiger partial charge in [0.05, 0.1) is 11.4 Å². The molecule has 0 aliphatic carbocycles. The molecule has 0 spiro atoms. The monoisotopic (exact) mass is 292 g/mol. The summed E-state index contributed by atoms with van der Waals surface area (Å²) in [5.74, 6) is -0.802. The Kier molecular flexibility index (Phi) is 3.74. The van der Waals surface area contributed by atoms with Crippen molar-refractivity contribution in [3.05, 3.63) is 71.9 Å². The first-order chi connectivity index (χ1) is 10.6. The number of rotatable bonds is 2. The molecule has 1 heterocycles. The first-order valence-electron chi connectivity index (χ1n) is 7.09. The number of nitrogens with one attached hydrogen (secondary N) is 2. The topological polar surface area (TPSA) is 58.2 Å². The Morgan fingerprint density at radius 3 is 2.18 bits per heavy atom. The van der Waals surface area contributed by atoms with Crippen LogP contribution in [0.2, 0.25) is 0 Å². The van der Waals surface area contributed by atoms with Crippen molar-refractivity contribution in [2.75, 3.05) is 10.6 Å². The molecule has 0 aromatic heterocycles. The van der Waals surface area contributed by atoms with E-state index in [1.165, 1.54) is 13.0 Å². The van der Waals surface area contributed by atoms with Gasteiger partial charge in [-0.25, -0.2) is 0 Å². The summed E-state index contributed by atoms with van der Waals surface area (Å²) in [6.45, 7) is 1.48. The van der Waals surface area contributed by atoms with Crippen molar-refractivity contribution in [2.24, 2.45) is 0 Å². The Morgan fingerprint density at radius 2 is 1.55 bits per heavy atom. The summed E-state index contributed by atoms with van der Waals surface area (Å²) in [6.07, 6.45) is 1.49. The lowest BCUT2D eigenvalue weighted by Gasteiger charge is -2.17. The molecule has 1 amide bonds. The Hall–Kier alpha value is -2.88. The molecular formula is C18H16N2O2. The highest BCUT2D eigenvalue weighted by Crippen LogP contribution is 2.34. The van der Waals surface area contributed by atoms with Crippen molar-refractivity contribution >= 4 is 23.1 Å². The fourth-order valence-corrected chi connectivity index (χ4v) is 2.59. The second kappa shape index (κ2) is 5.85. The van der Waals surface area contributed by atoms with Crippen LogP contribution in [-0.2, 0) is 9.59 Å². The van der Waals surface area contributed by atoms with Crippen molar-refractivity contribution in [2.45, 2.75) is 12.8 Å². The van der Waals surface area contributed by atoms with Gasteiger partial charge in [0.25, 0.3) is 0 Å². The number of benzene rings is 2. The molecule has 2 N–H and O–H groups in total. The van der Waals surface area contributed by atoms with Crippen LogP contribution in [0, 0.1) is 0 Å². The van der Waals surface area contributed by atoms with Crippen LogP contribution in [0.25, 0.3) is 0 Å². The van der Waals surface area contributed by atoms with E-state index in [1.807, 2.05) is 54.6 Å². The maximum absolute atomic E-state index is 12.7. The molecule has 0 bridgehead atoms. The van der Waals surface area contributed by atoms with E-state index in [4.69, 9.17) is 0 Å². The van der Waals surface area contributed by atoms with Crippen LogP contribution in [0.15, 0.2) is 66.4 Å². The lowest BCUT2D eigenvalue weighted by molar-refractivity contribution is -0.116. The first kappa shape index (κ1) is 14.1. The summed E-state index contributed by atoms with van der Waals surface area (Å²) >= 11 is 0. The number of hydrogen-bond acceptors (Lipinski definition) is 3. The molecule has 22 heavy (non-hydrogen) atoms. The number of ketones is 1. The van der Waals surface area contributed by atoms with Gasteiger partial charge in [0.1, 0.15) is 5.92 Å². The summed E-state index contributed by atoms with van der Waals surface area (Å²) in [5, 5.41) is 6.15. The van der Waals surface area contributed by atoms with Gasteiger partial charge in [0.15, 0.2) is 5.78 Å². The SMILES string of the molecule is CC(=O)C=C1Nc2ccccc2NC(=O)C1c1ccccc1. The number of fused-ring (bicyclic) bond motifs is 1. The van der Waals surface area contributed by atoms with Gasteiger partial charge < -0.3 is 10.6 Å². The van der Waals surface area contributed by atoms with Gasteiger partial charge in [-0.15, -0.1) is 0 Å². The Labute approximate surface area is 128 Å². The Morgan fingerprint density at radius 1 is 0.955 bits per heavy atom. The summed E-state index contributed by atoms with van der Waals surface area (Å²) in [4.78, 5) is 24.2. The van der Waals surface area contributed by atoms with Gasteiger partial charge in [0, 0.05) is 11.8 Å². The van der Waals surface area contributed by atoms with Crippen molar-refractivity contribution < 1.29 is 9.59 Å². The molecule has 0 radical (unpaired) electrons. The molecule has 2 aromatic carbocycles. The molecule has 2 aromatic rings. The Bertz CT molecular complexity index is 751. The summed E-state index contributed by atoms with van der Waals surface area (Å²) in [6, 6.07) is 16.9. The fourth-order valence-electron chi connectivity index (χ4n) is 2.59. The highest BCUT2D eigenvalue weighted by Gasteiger charge is 2.29. The maximum atomic E-state index is 12.7. The predicted molar refractivity (Wildman–Crippen MR) is 86.6 cm³/mol. The van der Waals surface area contributed by atoms with E-state index in [0.29, 0.717) is 11.4 Å². The standard InChI is InChI=1S/C18H16N2O2/c1-12(21)11-16-17(13-7-3-2-4-8-13)18(22)20-15-10-6-5-9-14(15)19-16/h2-11,17,19H,1H3,(H,20,22). The molecular weight excluding hydrogens is 276 g/mol. The number of para-hydroxylation sites is 2.